The van der Waals surface area contributed by atoms with Gasteiger partial charge in [-0.2, -0.15) is 13.2 Å². The summed E-state index contributed by atoms with van der Waals surface area (Å²) in [6.45, 7) is 1.18. The van der Waals surface area contributed by atoms with Gasteiger partial charge in [-0.3, -0.25) is 4.90 Å². The molecule has 2 rings (SSSR count). The highest BCUT2D eigenvalue weighted by Gasteiger charge is 2.41. The standard InChI is InChI=1S/C10H15F3N4S/c1-14-9-8(15-16-18-9)6-17-4-2-3-7(5-17)10(11,12)13/h7,14H,2-6H2,1H3. The Bertz CT molecular complexity index is 393. The van der Waals surface area contributed by atoms with Crippen LogP contribution < -0.4 is 5.32 Å². The van der Waals surface area contributed by atoms with Gasteiger partial charge in [0.05, 0.1) is 5.92 Å². The van der Waals surface area contributed by atoms with Gasteiger partial charge in [0.25, 0.3) is 0 Å². The number of aromatic nitrogens is 2. The molecule has 0 aromatic carbocycles. The zero-order valence-electron chi connectivity index (χ0n) is 10.00. The number of piperidine rings is 1. The van der Waals surface area contributed by atoms with Gasteiger partial charge in [0.15, 0.2) is 0 Å². The summed E-state index contributed by atoms with van der Waals surface area (Å²) in [6.07, 6.45) is -3.28. The van der Waals surface area contributed by atoms with Gasteiger partial charge < -0.3 is 5.32 Å². The van der Waals surface area contributed by atoms with Crippen molar-refractivity contribution in [3.05, 3.63) is 5.69 Å². The number of nitrogens with zero attached hydrogens (tertiary/aromatic N) is 3. The lowest BCUT2D eigenvalue weighted by molar-refractivity contribution is -0.187. The summed E-state index contributed by atoms with van der Waals surface area (Å²) >= 11 is 1.22. The predicted molar refractivity (Wildman–Crippen MR) is 63.5 cm³/mol. The molecule has 1 unspecified atom stereocenters. The molecular weight excluding hydrogens is 265 g/mol. The summed E-state index contributed by atoms with van der Waals surface area (Å²) in [7, 11) is 1.76. The maximum Gasteiger partial charge on any atom is 0.393 e. The average molecular weight is 280 g/mol. The molecule has 1 aromatic heterocycles. The number of hydrogen-bond acceptors (Lipinski definition) is 5. The Morgan fingerprint density at radius 3 is 2.94 bits per heavy atom. The minimum absolute atomic E-state index is 0.0597. The van der Waals surface area contributed by atoms with Crippen molar-refractivity contribution in [1.82, 2.24) is 14.5 Å². The normalized spacial score (nSPS) is 22.1. The SMILES string of the molecule is CNc1snnc1CN1CCCC(C(F)(F)F)C1. The number of hydrogen-bond donors (Lipinski definition) is 1. The van der Waals surface area contributed by atoms with Gasteiger partial charge in [0.1, 0.15) is 10.7 Å². The third-order valence-electron chi connectivity index (χ3n) is 3.12. The zero-order valence-corrected chi connectivity index (χ0v) is 10.8. The van der Waals surface area contributed by atoms with Crippen molar-refractivity contribution in [3.8, 4) is 0 Å². The van der Waals surface area contributed by atoms with E-state index < -0.39 is 12.1 Å². The highest BCUT2D eigenvalue weighted by Crippen LogP contribution is 2.33. The number of anilines is 1. The maximum atomic E-state index is 12.7. The minimum Gasteiger partial charge on any atom is -0.377 e. The molecule has 8 heteroatoms. The molecule has 102 valence electrons. The van der Waals surface area contributed by atoms with Crippen molar-refractivity contribution in [2.75, 3.05) is 25.5 Å². The van der Waals surface area contributed by atoms with Gasteiger partial charge in [0.2, 0.25) is 0 Å². The predicted octanol–water partition coefficient (Wildman–Crippen LogP) is 2.35. The van der Waals surface area contributed by atoms with E-state index in [-0.39, 0.29) is 13.0 Å². The van der Waals surface area contributed by atoms with E-state index >= 15 is 0 Å². The molecule has 0 bridgehead atoms. The van der Waals surface area contributed by atoms with Crippen LogP contribution >= 0.6 is 11.5 Å². The second kappa shape index (κ2) is 5.40. The van der Waals surface area contributed by atoms with Gasteiger partial charge in [-0.05, 0) is 19.4 Å². The van der Waals surface area contributed by atoms with Gasteiger partial charge in [-0.25, -0.2) is 0 Å². The lowest BCUT2D eigenvalue weighted by atomic mass is 9.97. The lowest BCUT2D eigenvalue weighted by Crippen LogP contribution is -2.41. The first-order valence-electron chi connectivity index (χ1n) is 5.78. The Balaban J connectivity index is 1.98. The van der Waals surface area contributed by atoms with Crippen LogP contribution in [0.4, 0.5) is 18.2 Å². The molecular formula is C10H15F3N4S. The van der Waals surface area contributed by atoms with E-state index in [1.165, 1.54) is 11.5 Å². The first-order valence-corrected chi connectivity index (χ1v) is 6.56. The highest BCUT2D eigenvalue weighted by atomic mass is 32.1. The highest BCUT2D eigenvalue weighted by molar-refractivity contribution is 7.10. The van der Waals surface area contributed by atoms with Crippen molar-refractivity contribution in [2.45, 2.75) is 25.6 Å². The van der Waals surface area contributed by atoms with Crippen LogP contribution in [0.3, 0.4) is 0 Å². The Kier molecular flexibility index (Phi) is 4.06. The topological polar surface area (TPSA) is 41.1 Å². The van der Waals surface area contributed by atoms with E-state index in [1.807, 2.05) is 0 Å². The molecule has 1 N–H and O–H groups in total. The molecule has 1 atom stereocenters. The Labute approximate surface area is 107 Å². The molecule has 0 radical (unpaired) electrons. The fraction of sp³-hybridized carbons (Fsp3) is 0.800. The van der Waals surface area contributed by atoms with Crippen LogP contribution in [0, 0.1) is 5.92 Å². The maximum absolute atomic E-state index is 12.7. The van der Waals surface area contributed by atoms with Gasteiger partial charge in [-0.1, -0.05) is 4.49 Å². The number of likely N-dealkylation sites (tertiary alicyclic amines) is 1. The molecule has 1 aliphatic rings. The number of nitrogens with one attached hydrogen (secondary N) is 1. The van der Waals surface area contributed by atoms with E-state index in [2.05, 4.69) is 14.9 Å². The van der Waals surface area contributed by atoms with Crippen LogP contribution in [0.1, 0.15) is 18.5 Å². The van der Waals surface area contributed by atoms with Crippen molar-refractivity contribution in [2.24, 2.45) is 5.92 Å². The summed E-state index contributed by atoms with van der Waals surface area (Å²) in [5.41, 5.74) is 0.727. The van der Waals surface area contributed by atoms with E-state index in [0.717, 1.165) is 10.7 Å². The quantitative estimate of drug-likeness (QED) is 0.923. The summed E-state index contributed by atoms with van der Waals surface area (Å²) < 4.78 is 41.8. The van der Waals surface area contributed by atoms with Crippen LogP contribution in [0.2, 0.25) is 0 Å². The van der Waals surface area contributed by atoms with Crippen LogP contribution in [0.5, 0.6) is 0 Å². The fourth-order valence-corrected chi connectivity index (χ4v) is 2.70. The molecule has 0 spiro atoms. The lowest BCUT2D eigenvalue weighted by Gasteiger charge is -2.33. The second-order valence-corrected chi connectivity index (χ2v) is 5.17. The fourth-order valence-electron chi connectivity index (χ4n) is 2.18. The van der Waals surface area contributed by atoms with Crippen molar-refractivity contribution < 1.29 is 13.2 Å². The van der Waals surface area contributed by atoms with Crippen LogP contribution in [0.25, 0.3) is 0 Å². The van der Waals surface area contributed by atoms with E-state index in [0.29, 0.717) is 19.5 Å². The van der Waals surface area contributed by atoms with Crippen LogP contribution in [-0.4, -0.2) is 40.8 Å². The van der Waals surface area contributed by atoms with Gasteiger partial charge in [-0.15, -0.1) is 5.10 Å². The largest absolute Gasteiger partial charge is 0.393 e. The third kappa shape index (κ3) is 3.11. The van der Waals surface area contributed by atoms with Crippen LogP contribution in [-0.2, 0) is 6.54 Å². The van der Waals surface area contributed by atoms with Crippen molar-refractivity contribution in [1.29, 1.82) is 0 Å². The van der Waals surface area contributed by atoms with Crippen molar-refractivity contribution in [3.63, 3.8) is 0 Å². The molecule has 1 aromatic rings. The zero-order chi connectivity index (χ0) is 13.2. The molecule has 1 saturated heterocycles. The number of alkyl halides is 3. The van der Waals surface area contributed by atoms with Gasteiger partial charge >= 0.3 is 6.18 Å². The molecule has 0 aliphatic carbocycles. The molecule has 0 amide bonds. The summed E-state index contributed by atoms with van der Waals surface area (Å²) in [5.74, 6) is -1.21. The average Bonchev–Trinajstić information content (AvgIpc) is 2.75. The molecule has 1 fully saturated rings. The van der Waals surface area contributed by atoms with E-state index in [1.54, 1.807) is 11.9 Å². The minimum atomic E-state index is -4.09. The third-order valence-corrected chi connectivity index (χ3v) is 3.91. The molecule has 4 nitrogen and oxygen atoms in total. The molecule has 1 aliphatic heterocycles. The molecule has 2 heterocycles. The Hall–Kier alpha value is -0.890. The number of halogens is 3. The molecule has 18 heavy (non-hydrogen) atoms. The summed E-state index contributed by atoms with van der Waals surface area (Å²) in [5, 5.41) is 7.73. The number of rotatable bonds is 3. The van der Waals surface area contributed by atoms with E-state index in [4.69, 9.17) is 0 Å². The molecule has 0 saturated carbocycles. The second-order valence-electron chi connectivity index (χ2n) is 4.41. The first-order chi connectivity index (χ1) is 8.50. The monoisotopic (exact) mass is 280 g/mol. The van der Waals surface area contributed by atoms with Crippen LogP contribution in [0.15, 0.2) is 0 Å². The van der Waals surface area contributed by atoms with Gasteiger partial charge in [0, 0.05) is 31.7 Å². The Morgan fingerprint density at radius 1 is 1.50 bits per heavy atom. The first kappa shape index (κ1) is 13.5. The van der Waals surface area contributed by atoms with E-state index in [9.17, 15) is 13.2 Å². The smallest absolute Gasteiger partial charge is 0.377 e. The Morgan fingerprint density at radius 2 is 2.28 bits per heavy atom. The van der Waals surface area contributed by atoms with Crippen molar-refractivity contribution >= 4 is 16.5 Å². The summed E-state index contributed by atoms with van der Waals surface area (Å²) in [4.78, 5) is 1.80. The summed E-state index contributed by atoms with van der Waals surface area (Å²) in [6, 6.07) is 0.